The van der Waals surface area contributed by atoms with Gasteiger partial charge in [-0.2, -0.15) is 5.26 Å². The summed E-state index contributed by atoms with van der Waals surface area (Å²) in [6, 6.07) is 4.23. The molecule has 0 aliphatic carbocycles. The molecule has 0 aliphatic rings. The van der Waals surface area contributed by atoms with E-state index in [4.69, 9.17) is 5.26 Å². The number of anilines is 1. The second-order valence-electron chi connectivity index (χ2n) is 2.63. The van der Waals surface area contributed by atoms with Crippen molar-refractivity contribution in [1.29, 1.82) is 5.26 Å². The number of amides is 1. The average Bonchev–Trinajstić information content (AvgIpc) is 2.13. The number of hydrogen-bond acceptors (Lipinski definition) is 2. The standard InChI is InChI=1S/C9H5BrFIN2O/c10-6-3-5(11)4-7(9(6)12)14-8(15)1-2-13/h3-4H,1H2,(H,14,15). The van der Waals surface area contributed by atoms with E-state index in [0.717, 1.165) is 0 Å². The van der Waals surface area contributed by atoms with E-state index in [0.29, 0.717) is 13.7 Å². The maximum Gasteiger partial charge on any atom is 0.238 e. The van der Waals surface area contributed by atoms with Crippen LogP contribution in [0.4, 0.5) is 10.1 Å². The molecule has 15 heavy (non-hydrogen) atoms. The fraction of sp³-hybridized carbons (Fsp3) is 0.111. The van der Waals surface area contributed by atoms with Gasteiger partial charge < -0.3 is 5.32 Å². The number of benzene rings is 1. The second kappa shape index (κ2) is 5.42. The summed E-state index contributed by atoms with van der Waals surface area (Å²) in [5.41, 5.74) is 0.364. The Hall–Kier alpha value is -0.680. The van der Waals surface area contributed by atoms with Gasteiger partial charge in [0.05, 0.1) is 15.3 Å². The van der Waals surface area contributed by atoms with E-state index in [-0.39, 0.29) is 6.42 Å². The van der Waals surface area contributed by atoms with Crippen LogP contribution in [0, 0.1) is 20.7 Å². The lowest BCUT2D eigenvalue weighted by molar-refractivity contribution is -0.115. The molecular formula is C9H5BrFIN2O. The lowest BCUT2D eigenvalue weighted by Crippen LogP contribution is -2.11. The van der Waals surface area contributed by atoms with E-state index < -0.39 is 11.7 Å². The van der Waals surface area contributed by atoms with Crippen LogP contribution >= 0.6 is 38.5 Å². The zero-order chi connectivity index (χ0) is 11.4. The van der Waals surface area contributed by atoms with Crippen molar-refractivity contribution in [3.63, 3.8) is 0 Å². The summed E-state index contributed by atoms with van der Waals surface area (Å²) in [6.07, 6.45) is -0.246. The van der Waals surface area contributed by atoms with E-state index >= 15 is 0 Å². The minimum absolute atomic E-state index is 0.246. The minimum atomic E-state index is -0.451. The predicted octanol–water partition coefficient (Wildman–Crippen LogP) is 3.04. The van der Waals surface area contributed by atoms with Crippen LogP contribution in [0.5, 0.6) is 0 Å². The molecule has 0 bridgehead atoms. The fourth-order valence-corrected chi connectivity index (χ4v) is 1.79. The molecule has 0 atom stereocenters. The Morgan fingerprint density at radius 1 is 1.67 bits per heavy atom. The van der Waals surface area contributed by atoms with Crippen LogP contribution in [0.15, 0.2) is 16.6 Å². The maximum absolute atomic E-state index is 13.0. The smallest absolute Gasteiger partial charge is 0.238 e. The monoisotopic (exact) mass is 382 g/mol. The quantitative estimate of drug-likeness (QED) is 0.631. The molecule has 1 aromatic rings. The summed E-state index contributed by atoms with van der Waals surface area (Å²) in [6.45, 7) is 0. The van der Waals surface area contributed by atoms with Gasteiger partial charge in [0.25, 0.3) is 0 Å². The molecule has 0 aliphatic heterocycles. The van der Waals surface area contributed by atoms with Gasteiger partial charge in [-0.1, -0.05) is 0 Å². The summed E-state index contributed by atoms with van der Waals surface area (Å²) < 4.78 is 14.3. The molecule has 0 unspecified atom stereocenters. The van der Waals surface area contributed by atoms with Crippen molar-refractivity contribution >= 4 is 50.1 Å². The van der Waals surface area contributed by atoms with Gasteiger partial charge in [0.15, 0.2) is 0 Å². The molecule has 1 rings (SSSR count). The summed E-state index contributed by atoms with van der Waals surface area (Å²) in [5.74, 6) is -0.900. The Kier molecular flexibility index (Phi) is 4.47. The van der Waals surface area contributed by atoms with Crippen LogP contribution in [0.25, 0.3) is 0 Å². The van der Waals surface area contributed by atoms with E-state index in [1.54, 1.807) is 6.07 Å². The Bertz CT molecular complexity index is 444. The highest BCUT2D eigenvalue weighted by Crippen LogP contribution is 2.28. The summed E-state index contributed by atoms with van der Waals surface area (Å²) in [4.78, 5) is 11.1. The summed E-state index contributed by atoms with van der Waals surface area (Å²) in [5, 5.41) is 10.8. The minimum Gasteiger partial charge on any atom is -0.324 e. The number of rotatable bonds is 2. The summed E-state index contributed by atoms with van der Waals surface area (Å²) >= 11 is 5.13. The van der Waals surface area contributed by atoms with Crippen molar-refractivity contribution in [2.75, 3.05) is 5.32 Å². The predicted molar refractivity (Wildman–Crippen MR) is 65.7 cm³/mol. The fourth-order valence-electron chi connectivity index (χ4n) is 0.913. The number of carbonyl (C=O) groups excluding carboxylic acids is 1. The van der Waals surface area contributed by atoms with E-state index in [1.165, 1.54) is 12.1 Å². The van der Waals surface area contributed by atoms with Crippen LogP contribution < -0.4 is 5.32 Å². The first-order valence-electron chi connectivity index (χ1n) is 3.86. The van der Waals surface area contributed by atoms with Gasteiger partial charge in [-0.15, -0.1) is 0 Å². The van der Waals surface area contributed by atoms with Crippen LogP contribution in [-0.4, -0.2) is 5.91 Å². The molecule has 78 valence electrons. The summed E-state index contributed by atoms with van der Waals surface area (Å²) in [7, 11) is 0. The normalized spacial score (nSPS) is 9.47. The molecule has 0 aromatic heterocycles. The van der Waals surface area contributed by atoms with Crippen LogP contribution in [0.2, 0.25) is 0 Å². The molecule has 0 radical (unpaired) electrons. The van der Waals surface area contributed by atoms with Crippen molar-refractivity contribution in [2.24, 2.45) is 0 Å². The Morgan fingerprint density at radius 2 is 2.33 bits per heavy atom. The number of nitrogens with zero attached hydrogens (tertiary/aromatic N) is 1. The van der Waals surface area contributed by atoms with Gasteiger partial charge in [-0.25, -0.2) is 4.39 Å². The second-order valence-corrected chi connectivity index (χ2v) is 4.57. The SMILES string of the molecule is N#CCC(=O)Nc1cc(F)cc(Br)c1I. The highest BCUT2D eigenvalue weighted by molar-refractivity contribution is 14.1. The highest BCUT2D eigenvalue weighted by Gasteiger charge is 2.09. The highest BCUT2D eigenvalue weighted by atomic mass is 127. The third-order valence-corrected chi connectivity index (χ3v) is 4.04. The number of nitriles is 1. The third kappa shape index (κ3) is 3.43. The largest absolute Gasteiger partial charge is 0.324 e. The van der Waals surface area contributed by atoms with Crippen molar-refractivity contribution in [2.45, 2.75) is 6.42 Å². The molecular weight excluding hydrogens is 378 g/mol. The van der Waals surface area contributed by atoms with Gasteiger partial charge in [0.2, 0.25) is 5.91 Å². The number of halogens is 3. The van der Waals surface area contributed by atoms with Gasteiger partial charge in [0.1, 0.15) is 12.2 Å². The number of carbonyl (C=O) groups is 1. The first-order chi connectivity index (χ1) is 7.04. The van der Waals surface area contributed by atoms with Crippen molar-refractivity contribution in [3.05, 3.63) is 26.0 Å². The van der Waals surface area contributed by atoms with Crippen LogP contribution in [0.3, 0.4) is 0 Å². The molecule has 6 heteroatoms. The Balaban J connectivity index is 2.95. The first kappa shape index (κ1) is 12.4. The van der Waals surface area contributed by atoms with Gasteiger partial charge in [-0.05, 0) is 50.7 Å². The van der Waals surface area contributed by atoms with E-state index in [2.05, 4.69) is 21.2 Å². The molecule has 0 heterocycles. The average molecular weight is 383 g/mol. The molecule has 1 amide bonds. The molecule has 0 spiro atoms. The Morgan fingerprint density at radius 3 is 2.93 bits per heavy atom. The molecule has 0 saturated carbocycles. The molecule has 3 nitrogen and oxygen atoms in total. The van der Waals surface area contributed by atoms with Gasteiger partial charge in [0, 0.05) is 4.47 Å². The first-order valence-corrected chi connectivity index (χ1v) is 5.73. The topological polar surface area (TPSA) is 52.9 Å². The molecule has 0 saturated heterocycles. The zero-order valence-corrected chi connectivity index (χ0v) is 11.1. The van der Waals surface area contributed by atoms with Crippen LogP contribution in [0.1, 0.15) is 6.42 Å². The van der Waals surface area contributed by atoms with Crippen molar-refractivity contribution in [3.8, 4) is 6.07 Å². The van der Waals surface area contributed by atoms with E-state index in [1.807, 2.05) is 22.6 Å². The van der Waals surface area contributed by atoms with Crippen molar-refractivity contribution < 1.29 is 9.18 Å². The number of nitrogens with one attached hydrogen (secondary N) is 1. The number of hydrogen-bond donors (Lipinski definition) is 1. The molecule has 1 N–H and O–H groups in total. The maximum atomic E-state index is 13.0. The molecule has 1 aromatic carbocycles. The zero-order valence-electron chi connectivity index (χ0n) is 7.35. The molecule has 0 fully saturated rings. The lowest BCUT2D eigenvalue weighted by atomic mass is 10.3. The van der Waals surface area contributed by atoms with Crippen LogP contribution in [-0.2, 0) is 4.79 Å². The van der Waals surface area contributed by atoms with Crippen molar-refractivity contribution in [1.82, 2.24) is 0 Å². The Labute approximate surface area is 108 Å². The van der Waals surface area contributed by atoms with E-state index in [9.17, 15) is 9.18 Å². The lowest BCUT2D eigenvalue weighted by Gasteiger charge is -2.07. The van der Waals surface area contributed by atoms with Gasteiger partial charge >= 0.3 is 0 Å². The van der Waals surface area contributed by atoms with Gasteiger partial charge in [-0.3, -0.25) is 4.79 Å². The third-order valence-electron chi connectivity index (χ3n) is 1.51.